The van der Waals surface area contributed by atoms with Crippen LogP contribution in [-0.2, 0) is 10.8 Å². The number of allylic oxidation sites excluding steroid dienone is 3. The van der Waals surface area contributed by atoms with Crippen molar-refractivity contribution in [1.29, 1.82) is 0 Å². The maximum atomic E-state index is 2.42. The minimum absolute atomic E-state index is 0.0641. The Morgan fingerprint density at radius 3 is 1.50 bits per heavy atom. The first kappa shape index (κ1) is 35.8. The van der Waals surface area contributed by atoms with Crippen molar-refractivity contribution in [3.63, 3.8) is 0 Å². The third-order valence-electron chi connectivity index (χ3n) is 12.6. The molecule has 7 aromatic carbocycles. The first-order valence-corrected chi connectivity index (χ1v) is 20.7. The van der Waals surface area contributed by atoms with E-state index in [1.165, 1.54) is 78.4 Å². The molecule has 0 saturated heterocycles. The number of para-hydroxylation sites is 2. The summed E-state index contributed by atoms with van der Waals surface area (Å²) >= 11 is 0. The van der Waals surface area contributed by atoms with E-state index in [1.54, 1.807) is 0 Å². The Kier molecular flexibility index (Phi) is 8.68. The number of rotatable bonds is 8. The van der Waals surface area contributed by atoms with Gasteiger partial charge in [-0.25, -0.2) is 0 Å². The molecule has 2 nitrogen and oxygen atoms in total. The molecule has 3 aliphatic rings. The summed E-state index contributed by atoms with van der Waals surface area (Å²) in [5.74, 6) is 0. The fourth-order valence-corrected chi connectivity index (χ4v) is 9.56. The Hall–Kier alpha value is -6.64. The summed E-state index contributed by atoms with van der Waals surface area (Å²) < 4.78 is 0. The molecule has 0 aromatic heterocycles. The third-order valence-corrected chi connectivity index (χ3v) is 12.6. The lowest BCUT2D eigenvalue weighted by Crippen LogP contribution is -2.19. The predicted molar refractivity (Wildman–Crippen MR) is 247 cm³/mol. The highest BCUT2D eigenvalue weighted by atomic mass is 15.1. The monoisotopic (exact) mass is 748 g/mol. The van der Waals surface area contributed by atoms with Crippen molar-refractivity contribution >= 4 is 40.6 Å². The highest BCUT2D eigenvalue weighted by Crippen LogP contribution is 2.52. The van der Waals surface area contributed by atoms with Gasteiger partial charge in [0, 0.05) is 45.0 Å². The van der Waals surface area contributed by atoms with Gasteiger partial charge in [-0.15, -0.1) is 0 Å². The largest absolute Gasteiger partial charge is 0.311 e. The molecule has 282 valence electrons. The van der Waals surface area contributed by atoms with Crippen LogP contribution in [0.2, 0.25) is 0 Å². The number of fused-ring (bicyclic) bond motifs is 6. The van der Waals surface area contributed by atoms with Gasteiger partial charge in [0.25, 0.3) is 0 Å². The van der Waals surface area contributed by atoms with Crippen LogP contribution in [0.15, 0.2) is 188 Å². The van der Waals surface area contributed by atoms with Gasteiger partial charge in [-0.3, -0.25) is 0 Å². The SMILES string of the molecule is CC1(C)c2cc(C=Cc3ccc(N(c4ccccc4)c4ccc5c(c4)C(C)(C)c4ccccc4-5)cc3)ccc2-c2ccc(N(C3=CCCC=C3)c3ccccc3)cc21. The van der Waals surface area contributed by atoms with Crippen LogP contribution in [-0.4, -0.2) is 0 Å². The Morgan fingerprint density at radius 1 is 0.397 bits per heavy atom. The molecule has 10 rings (SSSR count). The second kappa shape index (κ2) is 14.1. The molecule has 0 atom stereocenters. The average molecular weight is 749 g/mol. The van der Waals surface area contributed by atoms with E-state index in [1.807, 2.05) is 0 Å². The molecule has 0 saturated carbocycles. The molecule has 7 aromatic rings. The molecule has 0 amide bonds. The summed E-state index contributed by atoms with van der Waals surface area (Å²) in [6.45, 7) is 9.44. The van der Waals surface area contributed by atoms with Crippen molar-refractivity contribution in [2.45, 2.75) is 51.4 Å². The summed E-state index contributed by atoms with van der Waals surface area (Å²) in [5.41, 5.74) is 20.1. The lowest BCUT2D eigenvalue weighted by atomic mass is 9.81. The molecule has 0 unspecified atom stereocenters. The van der Waals surface area contributed by atoms with Crippen LogP contribution < -0.4 is 9.80 Å². The predicted octanol–water partition coefficient (Wildman–Crippen LogP) is 15.3. The second-order valence-electron chi connectivity index (χ2n) is 16.9. The van der Waals surface area contributed by atoms with E-state index in [-0.39, 0.29) is 10.8 Å². The highest BCUT2D eigenvalue weighted by molar-refractivity contribution is 5.87. The molecule has 0 heterocycles. The number of hydrogen-bond acceptors (Lipinski definition) is 2. The third kappa shape index (κ3) is 6.03. The lowest BCUT2D eigenvalue weighted by Gasteiger charge is -2.29. The van der Waals surface area contributed by atoms with E-state index in [9.17, 15) is 0 Å². The van der Waals surface area contributed by atoms with E-state index in [2.05, 4.69) is 232 Å². The first-order chi connectivity index (χ1) is 28.3. The van der Waals surface area contributed by atoms with Crippen LogP contribution in [0.25, 0.3) is 34.4 Å². The maximum Gasteiger partial charge on any atom is 0.0465 e. The van der Waals surface area contributed by atoms with Crippen LogP contribution >= 0.6 is 0 Å². The number of nitrogens with zero attached hydrogens (tertiary/aromatic N) is 2. The maximum absolute atomic E-state index is 2.42. The van der Waals surface area contributed by atoms with Crippen molar-refractivity contribution in [3.05, 3.63) is 221 Å². The van der Waals surface area contributed by atoms with Crippen LogP contribution in [0.1, 0.15) is 73.9 Å². The fraction of sp³-hybridized carbons (Fsp3) is 0.143. The van der Waals surface area contributed by atoms with Crippen LogP contribution in [0, 0.1) is 0 Å². The van der Waals surface area contributed by atoms with Crippen LogP contribution in [0.4, 0.5) is 28.4 Å². The summed E-state index contributed by atoms with van der Waals surface area (Å²) in [5, 5.41) is 0. The van der Waals surface area contributed by atoms with Gasteiger partial charge >= 0.3 is 0 Å². The zero-order chi connectivity index (χ0) is 39.4. The molecule has 0 fully saturated rings. The van der Waals surface area contributed by atoms with Gasteiger partial charge in [-0.2, -0.15) is 0 Å². The standard InChI is InChI=1S/C56H48N2/c1-55(2)51-23-15-14-22-47(51)49-34-31-46(37-53(49)55)58(43-20-12-7-13-21-43)44-29-26-39(27-30-44)24-25-40-28-33-48-50-35-32-45(38-54(50)56(3,4)52(48)36-40)57(41-16-8-5-9-17-41)42-18-10-6-11-19-42/h5,7-10,12-38H,6,11H2,1-4H3. The molecule has 0 spiro atoms. The number of hydrogen-bond donors (Lipinski definition) is 0. The molecule has 0 radical (unpaired) electrons. The highest BCUT2D eigenvalue weighted by Gasteiger charge is 2.37. The van der Waals surface area contributed by atoms with Gasteiger partial charge in [0.2, 0.25) is 0 Å². The topological polar surface area (TPSA) is 6.48 Å². The minimum atomic E-state index is -0.137. The van der Waals surface area contributed by atoms with Crippen molar-refractivity contribution in [2.75, 3.05) is 9.80 Å². The Bertz CT molecular complexity index is 2770. The molecule has 0 N–H and O–H groups in total. The van der Waals surface area contributed by atoms with Crippen molar-refractivity contribution in [3.8, 4) is 22.3 Å². The molecular weight excluding hydrogens is 701 g/mol. The Labute approximate surface area is 343 Å². The van der Waals surface area contributed by atoms with Crippen LogP contribution in [0.5, 0.6) is 0 Å². The quantitative estimate of drug-likeness (QED) is 0.143. The average Bonchev–Trinajstić information content (AvgIpc) is 3.63. The zero-order valence-electron chi connectivity index (χ0n) is 33.8. The van der Waals surface area contributed by atoms with Gasteiger partial charge < -0.3 is 9.80 Å². The van der Waals surface area contributed by atoms with Gasteiger partial charge in [0.15, 0.2) is 0 Å². The number of benzene rings is 7. The Balaban J connectivity index is 0.931. The summed E-state index contributed by atoms with van der Waals surface area (Å²) in [6.07, 6.45) is 13.6. The van der Waals surface area contributed by atoms with Crippen molar-refractivity contribution in [2.24, 2.45) is 0 Å². The van der Waals surface area contributed by atoms with Gasteiger partial charge in [0.05, 0.1) is 0 Å². The molecular formula is C56H48N2. The van der Waals surface area contributed by atoms with Gasteiger partial charge in [-0.1, -0.05) is 155 Å². The summed E-state index contributed by atoms with van der Waals surface area (Å²) in [7, 11) is 0. The Morgan fingerprint density at radius 2 is 0.862 bits per heavy atom. The van der Waals surface area contributed by atoms with E-state index >= 15 is 0 Å². The first-order valence-electron chi connectivity index (χ1n) is 20.7. The van der Waals surface area contributed by atoms with Gasteiger partial charge in [-0.05, 0) is 135 Å². The fourth-order valence-electron chi connectivity index (χ4n) is 9.56. The normalized spacial score (nSPS) is 15.3. The molecule has 2 heteroatoms. The van der Waals surface area contributed by atoms with E-state index in [0.717, 1.165) is 24.2 Å². The van der Waals surface area contributed by atoms with E-state index in [0.29, 0.717) is 0 Å². The summed E-state index contributed by atoms with van der Waals surface area (Å²) in [4.78, 5) is 4.78. The van der Waals surface area contributed by atoms with Gasteiger partial charge in [0.1, 0.15) is 0 Å². The smallest absolute Gasteiger partial charge is 0.0465 e. The molecule has 0 aliphatic heterocycles. The van der Waals surface area contributed by atoms with Crippen molar-refractivity contribution in [1.82, 2.24) is 0 Å². The van der Waals surface area contributed by atoms with Crippen molar-refractivity contribution < 1.29 is 0 Å². The second-order valence-corrected chi connectivity index (χ2v) is 16.9. The van der Waals surface area contributed by atoms with E-state index in [4.69, 9.17) is 0 Å². The van der Waals surface area contributed by atoms with E-state index < -0.39 is 0 Å². The molecule has 3 aliphatic carbocycles. The molecule has 0 bridgehead atoms. The molecule has 58 heavy (non-hydrogen) atoms. The zero-order valence-corrected chi connectivity index (χ0v) is 33.8. The summed E-state index contributed by atoms with van der Waals surface area (Å²) in [6, 6.07) is 60.3. The number of anilines is 5. The van der Waals surface area contributed by atoms with Crippen LogP contribution in [0.3, 0.4) is 0 Å². The minimum Gasteiger partial charge on any atom is -0.311 e. The lowest BCUT2D eigenvalue weighted by molar-refractivity contribution is 0.660.